The molecule has 1 aliphatic carbocycles. The molecule has 0 amide bonds. The van der Waals surface area contributed by atoms with Gasteiger partial charge in [-0.1, -0.05) is 0 Å². The Morgan fingerprint density at radius 2 is 2.14 bits per heavy atom. The molecule has 0 unspecified atom stereocenters. The maximum atomic E-state index is 2.80. The van der Waals surface area contributed by atoms with E-state index in [1.54, 1.807) is 0 Å². The molecule has 0 bridgehead atoms. The average molecular weight is 89.1 g/mol. The Labute approximate surface area is 43.2 Å². The topological polar surface area (TPSA) is 0 Å². The number of rotatable bonds is 0. The van der Waals surface area contributed by atoms with Gasteiger partial charge in [-0.15, -0.1) is 24.3 Å². The first kappa shape index (κ1) is 4.17. The van der Waals surface area contributed by atoms with Crippen LogP contribution < -0.4 is 0 Å². The van der Waals surface area contributed by atoms with E-state index in [0.29, 0.717) is 0 Å². The third-order valence-electron chi connectivity index (χ3n) is 0.665. The van der Waals surface area contributed by atoms with Crippen LogP contribution in [0.3, 0.4) is 0 Å². The van der Waals surface area contributed by atoms with Crippen molar-refractivity contribution in [3.63, 3.8) is 0 Å². The highest BCUT2D eigenvalue weighted by Gasteiger charge is 1.53. The summed E-state index contributed by atoms with van der Waals surface area (Å²) >= 11 is 0. The molecule has 0 fully saturated rings. The lowest BCUT2D eigenvalue weighted by Gasteiger charge is -1.69. The largest absolute Gasteiger partial charge is 0.258 e. The van der Waals surface area contributed by atoms with Crippen molar-refractivity contribution in [2.75, 3.05) is 0 Å². The smallest absolute Gasteiger partial charge is 0.119 e. The van der Waals surface area contributed by atoms with Crippen LogP contribution in [0.2, 0.25) is 0 Å². The molecule has 0 aromatic heterocycles. The predicted octanol–water partition coefficient (Wildman–Crippen LogP) is 1.63. The Morgan fingerprint density at radius 1 is 1.14 bits per heavy atom. The molecule has 0 aliphatic heterocycles. The number of hydrogen-bond donors (Lipinski definition) is 0. The minimum absolute atomic E-state index is 1.82. The first-order valence-electron chi connectivity index (χ1n) is 2.16. The summed E-state index contributed by atoms with van der Waals surface area (Å²) in [5, 5.41) is 0. The van der Waals surface area contributed by atoms with E-state index < -0.39 is 0 Å². The summed E-state index contributed by atoms with van der Waals surface area (Å²) < 4.78 is 0. The fourth-order valence-electron chi connectivity index (χ4n) is 0.368. The second-order valence-corrected chi connectivity index (χ2v) is 1.20. The third-order valence-corrected chi connectivity index (χ3v) is 0.665. The molecule has 0 aromatic rings. The lowest BCUT2D eigenvalue weighted by atomic mass is 10.5. The van der Waals surface area contributed by atoms with Crippen LogP contribution >= 0.6 is 0 Å². The fraction of sp³-hybridized carbons (Fsp3) is 0. The molecule has 1 rings (SSSR count). The molecule has 0 aromatic carbocycles. The summed E-state index contributed by atoms with van der Waals surface area (Å²) in [6, 6.07) is 0. The van der Waals surface area contributed by atoms with Crippen LogP contribution in [-0.2, 0) is 0 Å². The molecule has 0 atom stereocenters. The van der Waals surface area contributed by atoms with E-state index in [9.17, 15) is 0 Å². The zero-order valence-electron chi connectivity index (χ0n) is 3.89. The van der Waals surface area contributed by atoms with Gasteiger partial charge in [0.15, 0.2) is 0 Å². The van der Waals surface area contributed by atoms with E-state index in [0.717, 1.165) is 0 Å². The van der Waals surface area contributed by atoms with Gasteiger partial charge in [-0.25, -0.2) is 0 Å². The lowest BCUT2D eigenvalue weighted by molar-refractivity contribution is 1.92. The van der Waals surface area contributed by atoms with Crippen LogP contribution in [0.1, 0.15) is 0 Å². The van der Waals surface area contributed by atoms with Crippen LogP contribution in [0, 0.1) is 6.08 Å². The summed E-state index contributed by atoms with van der Waals surface area (Å²) in [4.78, 5) is 0. The minimum Gasteiger partial charge on any atom is -0.258 e. The Balaban J connectivity index is 2.86. The van der Waals surface area contributed by atoms with E-state index in [2.05, 4.69) is 11.8 Å². The normalized spacial score (nSPS) is 14.9. The quantitative estimate of drug-likeness (QED) is 0.312. The van der Waals surface area contributed by atoms with E-state index >= 15 is 0 Å². The predicted molar refractivity (Wildman–Crippen MR) is 29.6 cm³/mol. The van der Waals surface area contributed by atoms with Crippen LogP contribution in [0.4, 0.5) is 0 Å². The van der Waals surface area contributed by atoms with Gasteiger partial charge in [0.2, 0.25) is 0 Å². The SMILES string of the molecule is C1=[C-]C=CC=CC=1. The molecule has 0 heterocycles. The molecule has 0 nitrogen and oxygen atoms in total. The van der Waals surface area contributed by atoms with E-state index in [-0.39, 0.29) is 0 Å². The van der Waals surface area contributed by atoms with E-state index in [4.69, 9.17) is 0 Å². The van der Waals surface area contributed by atoms with Crippen molar-refractivity contribution in [2.45, 2.75) is 0 Å². The van der Waals surface area contributed by atoms with Crippen LogP contribution in [0.5, 0.6) is 0 Å². The van der Waals surface area contributed by atoms with E-state index in [1.165, 1.54) is 0 Å². The van der Waals surface area contributed by atoms with Gasteiger partial charge in [0.1, 0.15) is 0 Å². The fourth-order valence-corrected chi connectivity index (χ4v) is 0.368. The highest BCUT2D eigenvalue weighted by atomic mass is 13.7. The molecule has 0 saturated carbocycles. The van der Waals surface area contributed by atoms with E-state index in [1.807, 2.05) is 30.4 Å². The molecular formula is C7H5-. The standard InChI is InChI=1S/C7H5/c1-2-4-6-7-5-3-1/h1-5H/q-1. The molecule has 7 heavy (non-hydrogen) atoms. The first-order valence-corrected chi connectivity index (χ1v) is 2.16. The summed E-state index contributed by atoms with van der Waals surface area (Å²) in [7, 11) is 0. The Bertz CT molecular complexity index is 137. The summed E-state index contributed by atoms with van der Waals surface area (Å²) in [5.41, 5.74) is 2.80. The highest BCUT2D eigenvalue weighted by molar-refractivity contribution is 5.16. The summed E-state index contributed by atoms with van der Waals surface area (Å²) in [6.07, 6.45) is 12.2. The van der Waals surface area contributed by atoms with Crippen molar-refractivity contribution >= 4 is 0 Å². The average Bonchev–Trinajstić information content (AvgIpc) is 1.90. The molecule has 0 saturated heterocycles. The molecular weight excluding hydrogens is 84.1 g/mol. The van der Waals surface area contributed by atoms with Gasteiger partial charge in [0, 0.05) is 0 Å². The van der Waals surface area contributed by atoms with Crippen molar-refractivity contribution in [3.8, 4) is 0 Å². The molecule has 0 radical (unpaired) electrons. The molecule has 1 aliphatic rings. The van der Waals surface area contributed by atoms with Crippen LogP contribution in [0.15, 0.2) is 36.1 Å². The molecule has 0 spiro atoms. The lowest BCUT2D eigenvalue weighted by Crippen LogP contribution is -1.40. The molecule has 0 N–H and O–H groups in total. The molecule has 34 valence electrons. The Kier molecular flexibility index (Phi) is 1.32. The van der Waals surface area contributed by atoms with Crippen molar-refractivity contribution in [1.29, 1.82) is 0 Å². The van der Waals surface area contributed by atoms with Gasteiger partial charge in [0.05, 0.1) is 0 Å². The van der Waals surface area contributed by atoms with Gasteiger partial charge >= 0.3 is 0 Å². The minimum atomic E-state index is 1.82. The first-order chi connectivity index (χ1) is 3.50. The molecule has 0 heteroatoms. The van der Waals surface area contributed by atoms with Crippen molar-refractivity contribution < 1.29 is 0 Å². The van der Waals surface area contributed by atoms with Gasteiger partial charge in [-0.3, -0.25) is 5.73 Å². The highest BCUT2D eigenvalue weighted by Crippen LogP contribution is 1.82. The zero-order valence-corrected chi connectivity index (χ0v) is 3.89. The van der Waals surface area contributed by atoms with Gasteiger partial charge in [-0.2, -0.15) is 12.2 Å². The Morgan fingerprint density at radius 3 is 3.14 bits per heavy atom. The third kappa shape index (κ3) is 1.25. The number of allylic oxidation sites excluding steroid dienone is 5. The monoisotopic (exact) mass is 89.0 g/mol. The summed E-state index contributed by atoms with van der Waals surface area (Å²) in [5.74, 6) is 0. The van der Waals surface area contributed by atoms with Gasteiger partial charge in [-0.05, 0) is 0 Å². The zero-order chi connectivity index (χ0) is 4.95. The Hall–Kier alpha value is -1.00. The maximum Gasteiger partial charge on any atom is -0.119 e. The van der Waals surface area contributed by atoms with Gasteiger partial charge in [0.25, 0.3) is 0 Å². The van der Waals surface area contributed by atoms with Crippen molar-refractivity contribution in [3.05, 3.63) is 42.2 Å². The van der Waals surface area contributed by atoms with Crippen molar-refractivity contribution in [2.24, 2.45) is 0 Å². The van der Waals surface area contributed by atoms with Crippen LogP contribution in [-0.4, -0.2) is 0 Å². The second-order valence-electron chi connectivity index (χ2n) is 1.20. The maximum absolute atomic E-state index is 2.80. The van der Waals surface area contributed by atoms with Crippen molar-refractivity contribution in [1.82, 2.24) is 0 Å². The van der Waals surface area contributed by atoms with Gasteiger partial charge < -0.3 is 0 Å². The van der Waals surface area contributed by atoms with Crippen LogP contribution in [0.25, 0.3) is 0 Å². The second kappa shape index (κ2) is 2.22. The summed E-state index contributed by atoms with van der Waals surface area (Å²) in [6.45, 7) is 0. The number of hydrogen-bond acceptors (Lipinski definition) is 0.